The first-order valence-electron chi connectivity index (χ1n) is 13.6. The summed E-state index contributed by atoms with van der Waals surface area (Å²) in [6, 6.07) is 21.6. The minimum absolute atomic E-state index is 0.0543. The predicted octanol–water partition coefficient (Wildman–Crippen LogP) is 5.20. The SMILES string of the molecule is O=C(c1csc(CSc2nnc(-c3cccnc3)n2-c2ccccc2)n1)N1CCC(n2c(=O)[nH]c3ccccc32)CC1. The second kappa shape index (κ2) is 11.4. The van der Waals surface area contributed by atoms with Crippen molar-refractivity contribution in [3.05, 3.63) is 106 Å². The zero-order valence-electron chi connectivity index (χ0n) is 22.5. The normalized spacial score (nSPS) is 14.0. The molecule has 1 N–H and O–H groups in total. The lowest BCUT2D eigenvalue weighted by molar-refractivity contribution is 0.0689. The lowest BCUT2D eigenvalue weighted by atomic mass is 10.0. The number of piperidine rings is 1. The Hall–Kier alpha value is -4.55. The van der Waals surface area contributed by atoms with E-state index in [0.717, 1.165) is 45.3 Å². The fourth-order valence-electron chi connectivity index (χ4n) is 5.38. The molecule has 4 aromatic heterocycles. The maximum atomic E-state index is 13.3. The van der Waals surface area contributed by atoms with Gasteiger partial charge in [0.25, 0.3) is 5.91 Å². The van der Waals surface area contributed by atoms with Gasteiger partial charge in [-0.3, -0.25) is 18.9 Å². The summed E-state index contributed by atoms with van der Waals surface area (Å²) < 4.78 is 3.85. The number of fused-ring (bicyclic) bond motifs is 1. The van der Waals surface area contributed by atoms with Gasteiger partial charge in [0.05, 0.1) is 16.8 Å². The largest absolute Gasteiger partial charge is 0.337 e. The van der Waals surface area contributed by atoms with Crippen molar-refractivity contribution in [3.63, 3.8) is 0 Å². The third-order valence-corrected chi connectivity index (χ3v) is 9.38. The number of likely N-dealkylation sites (tertiary alicyclic amines) is 1. The summed E-state index contributed by atoms with van der Waals surface area (Å²) in [6.07, 6.45) is 4.94. The Morgan fingerprint density at radius 2 is 1.81 bits per heavy atom. The molecule has 6 aromatic rings. The smallest absolute Gasteiger partial charge is 0.326 e. The standard InChI is InChI=1S/C30H26N8O2S2/c39-28(36-15-12-22(13-16-36)37-25-11-5-4-10-23(25)33-29(37)40)24-18-41-26(32-24)19-42-30-35-34-27(20-7-6-14-31-17-20)38(30)21-8-2-1-3-9-21/h1-11,14,17-18,22H,12-13,15-16,19H2,(H,33,40). The number of nitrogens with zero attached hydrogens (tertiary/aromatic N) is 7. The molecule has 0 spiro atoms. The molecule has 10 nitrogen and oxygen atoms in total. The number of para-hydroxylation sites is 3. The minimum Gasteiger partial charge on any atom is -0.337 e. The molecule has 42 heavy (non-hydrogen) atoms. The van der Waals surface area contributed by atoms with Gasteiger partial charge in [-0.15, -0.1) is 21.5 Å². The van der Waals surface area contributed by atoms with E-state index in [0.29, 0.717) is 30.4 Å². The number of thiazole rings is 1. The summed E-state index contributed by atoms with van der Waals surface area (Å²) in [5.74, 6) is 1.20. The molecular formula is C30H26N8O2S2. The number of hydrogen-bond donors (Lipinski definition) is 1. The first kappa shape index (κ1) is 26.4. The van der Waals surface area contributed by atoms with Crippen LogP contribution < -0.4 is 5.69 Å². The predicted molar refractivity (Wildman–Crippen MR) is 163 cm³/mol. The van der Waals surface area contributed by atoms with Gasteiger partial charge in [-0.25, -0.2) is 9.78 Å². The molecule has 0 saturated carbocycles. The van der Waals surface area contributed by atoms with Gasteiger partial charge in [-0.2, -0.15) is 0 Å². The van der Waals surface area contributed by atoms with E-state index < -0.39 is 0 Å². The molecule has 7 rings (SSSR count). The second-order valence-corrected chi connectivity index (χ2v) is 11.9. The number of benzene rings is 2. The van der Waals surface area contributed by atoms with Crippen LogP contribution in [-0.2, 0) is 5.75 Å². The van der Waals surface area contributed by atoms with E-state index in [9.17, 15) is 9.59 Å². The number of imidazole rings is 1. The summed E-state index contributed by atoms with van der Waals surface area (Å²) in [4.78, 5) is 39.6. The van der Waals surface area contributed by atoms with E-state index in [1.54, 1.807) is 12.4 Å². The lowest BCUT2D eigenvalue weighted by Crippen LogP contribution is -2.40. The number of amides is 1. The summed E-state index contributed by atoms with van der Waals surface area (Å²) in [5, 5.41) is 12.3. The van der Waals surface area contributed by atoms with Gasteiger partial charge >= 0.3 is 5.69 Å². The summed E-state index contributed by atoms with van der Waals surface area (Å²) >= 11 is 3.00. The Kier molecular flexibility index (Phi) is 7.14. The van der Waals surface area contributed by atoms with E-state index in [2.05, 4.69) is 25.1 Å². The van der Waals surface area contributed by atoms with E-state index in [4.69, 9.17) is 0 Å². The van der Waals surface area contributed by atoms with Gasteiger partial charge in [0, 0.05) is 48.2 Å². The van der Waals surface area contributed by atoms with Crippen LogP contribution in [0.1, 0.15) is 34.4 Å². The second-order valence-electron chi connectivity index (χ2n) is 9.97. The van der Waals surface area contributed by atoms with Crippen LogP contribution in [0.3, 0.4) is 0 Å². The molecule has 12 heteroatoms. The number of carbonyl (C=O) groups is 1. The van der Waals surface area contributed by atoms with Gasteiger partial charge in [0.15, 0.2) is 11.0 Å². The van der Waals surface area contributed by atoms with Gasteiger partial charge in [0.1, 0.15) is 10.7 Å². The molecular weight excluding hydrogens is 569 g/mol. The molecule has 1 aliphatic heterocycles. The highest BCUT2D eigenvalue weighted by Gasteiger charge is 2.28. The topological polar surface area (TPSA) is 115 Å². The first-order chi connectivity index (χ1) is 20.7. The fourth-order valence-corrected chi connectivity index (χ4v) is 7.12. The average Bonchev–Trinajstić information content (AvgIpc) is 3.77. The number of aromatic amines is 1. The van der Waals surface area contributed by atoms with Crippen molar-refractivity contribution < 1.29 is 4.79 Å². The van der Waals surface area contributed by atoms with Gasteiger partial charge in [-0.1, -0.05) is 42.1 Å². The van der Waals surface area contributed by atoms with Gasteiger partial charge < -0.3 is 9.88 Å². The Labute approximate surface area is 249 Å². The molecule has 5 heterocycles. The number of thioether (sulfide) groups is 1. The third kappa shape index (κ3) is 5.03. The number of rotatable bonds is 7. The molecule has 210 valence electrons. The number of aromatic nitrogens is 7. The molecule has 1 saturated heterocycles. The highest BCUT2D eigenvalue weighted by Crippen LogP contribution is 2.31. The van der Waals surface area contributed by atoms with Crippen LogP contribution in [0.5, 0.6) is 0 Å². The summed E-state index contributed by atoms with van der Waals surface area (Å²) in [6.45, 7) is 1.16. The molecule has 1 fully saturated rings. The molecule has 1 amide bonds. The molecule has 0 atom stereocenters. The molecule has 1 aliphatic rings. The number of carbonyl (C=O) groups excluding carboxylic acids is 1. The van der Waals surface area contributed by atoms with Crippen LogP contribution in [-0.4, -0.2) is 58.2 Å². The quantitative estimate of drug-likeness (QED) is 0.253. The molecule has 2 aromatic carbocycles. The van der Waals surface area contributed by atoms with E-state index in [1.807, 2.05) is 86.1 Å². The fraction of sp³-hybridized carbons (Fsp3) is 0.200. The number of nitrogens with one attached hydrogen (secondary N) is 1. The van der Waals surface area contributed by atoms with Crippen molar-refractivity contribution in [1.82, 2.24) is 39.2 Å². The lowest BCUT2D eigenvalue weighted by Gasteiger charge is -2.32. The third-order valence-electron chi connectivity index (χ3n) is 7.40. The van der Waals surface area contributed by atoms with Gasteiger partial charge in [0.2, 0.25) is 0 Å². The zero-order valence-corrected chi connectivity index (χ0v) is 24.1. The van der Waals surface area contributed by atoms with Crippen molar-refractivity contribution in [2.45, 2.75) is 29.8 Å². The van der Waals surface area contributed by atoms with Crippen molar-refractivity contribution >= 4 is 40.0 Å². The number of H-pyrrole nitrogens is 1. The highest BCUT2D eigenvalue weighted by atomic mass is 32.2. The average molecular weight is 595 g/mol. The maximum absolute atomic E-state index is 13.3. The van der Waals surface area contributed by atoms with Crippen molar-refractivity contribution in [2.24, 2.45) is 0 Å². The van der Waals surface area contributed by atoms with Crippen molar-refractivity contribution in [2.75, 3.05) is 13.1 Å². The van der Waals surface area contributed by atoms with Crippen LogP contribution in [0.4, 0.5) is 0 Å². The monoisotopic (exact) mass is 594 g/mol. The summed E-state index contributed by atoms with van der Waals surface area (Å²) in [7, 11) is 0. The van der Waals surface area contributed by atoms with Crippen molar-refractivity contribution in [3.8, 4) is 17.1 Å². The van der Waals surface area contributed by atoms with E-state index in [-0.39, 0.29) is 17.6 Å². The van der Waals surface area contributed by atoms with Crippen LogP contribution in [0.25, 0.3) is 28.1 Å². The number of hydrogen-bond acceptors (Lipinski definition) is 8. The number of pyridine rings is 1. The maximum Gasteiger partial charge on any atom is 0.326 e. The zero-order chi connectivity index (χ0) is 28.5. The summed E-state index contributed by atoms with van der Waals surface area (Å²) in [5.41, 5.74) is 3.93. The Morgan fingerprint density at radius 3 is 2.62 bits per heavy atom. The molecule has 0 unspecified atom stereocenters. The Bertz CT molecular complexity index is 1900. The van der Waals surface area contributed by atoms with Crippen LogP contribution in [0.15, 0.2) is 94.5 Å². The minimum atomic E-state index is -0.0988. The molecule has 0 radical (unpaired) electrons. The Balaban J connectivity index is 1.03. The molecule has 0 bridgehead atoms. The van der Waals surface area contributed by atoms with Crippen molar-refractivity contribution in [1.29, 1.82) is 0 Å². The first-order valence-corrected chi connectivity index (χ1v) is 15.5. The highest BCUT2D eigenvalue weighted by molar-refractivity contribution is 7.98. The van der Waals surface area contributed by atoms with Crippen LogP contribution in [0.2, 0.25) is 0 Å². The molecule has 0 aliphatic carbocycles. The van der Waals surface area contributed by atoms with E-state index in [1.165, 1.54) is 23.1 Å². The van der Waals surface area contributed by atoms with Crippen LogP contribution >= 0.6 is 23.1 Å². The van der Waals surface area contributed by atoms with Crippen LogP contribution in [0, 0.1) is 0 Å². The van der Waals surface area contributed by atoms with Gasteiger partial charge in [-0.05, 0) is 49.2 Å². The van der Waals surface area contributed by atoms with E-state index >= 15 is 0 Å². The Morgan fingerprint density at radius 1 is 1.00 bits per heavy atom.